The maximum Gasteiger partial charge on any atom is 0.112 e. The SMILES string of the molecule is N=C(N)C1CCN(c2ccnc3cc(Br)cnc23)CC1. The van der Waals surface area contributed by atoms with E-state index in [1.54, 1.807) is 6.20 Å². The van der Waals surface area contributed by atoms with Gasteiger partial charge in [0.15, 0.2) is 0 Å². The molecular weight excluding hydrogens is 318 g/mol. The number of piperidine rings is 1. The quantitative estimate of drug-likeness (QED) is 0.653. The third kappa shape index (κ3) is 2.47. The average molecular weight is 334 g/mol. The van der Waals surface area contributed by atoms with Crippen LogP contribution in [0.2, 0.25) is 0 Å². The first kappa shape index (κ1) is 13.3. The summed E-state index contributed by atoms with van der Waals surface area (Å²) in [6.45, 7) is 1.81. The number of nitrogens with two attached hydrogens (primary N) is 1. The van der Waals surface area contributed by atoms with Crippen LogP contribution in [-0.2, 0) is 0 Å². The van der Waals surface area contributed by atoms with Crippen LogP contribution in [0.1, 0.15) is 12.8 Å². The van der Waals surface area contributed by atoms with Gasteiger partial charge in [-0.05, 0) is 40.9 Å². The van der Waals surface area contributed by atoms with Gasteiger partial charge >= 0.3 is 0 Å². The number of rotatable bonds is 2. The first-order valence-electron chi connectivity index (χ1n) is 6.64. The lowest BCUT2D eigenvalue weighted by Gasteiger charge is -2.33. The van der Waals surface area contributed by atoms with Crippen LogP contribution >= 0.6 is 15.9 Å². The van der Waals surface area contributed by atoms with Gasteiger partial charge in [-0.15, -0.1) is 0 Å². The number of hydrogen-bond acceptors (Lipinski definition) is 4. The molecule has 0 amide bonds. The van der Waals surface area contributed by atoms with Crippen molar-refractivity contribution in [1.29, 1.82) is 5.41 Å². The molecule has 0 unspecified atom stereocenters. The second-order valence-electron chi connectivity index (χ2n) is 5.07. The number of hydrogen-bond donors (Lipinski definition) is 2. The molecule has 104 valence electrons. The lowest BCUT2D eigenvalue weighted by atomic mass is 9.95. The van der Waals surface area contributed by atoms with E-state index in [9.17, 15) is 0 Å². The molecule has 1 fully saturated rings. The van der Waals surface area contributed by atoms with Crippen LogP contribution in [0.4, 0.5) is 5.69 Å². The van der Waals surface area contributed by atoms with Gasteiger partial charge in [0.1, 0.15) is 5.52 Å². The van der Waals surface area contributed by atoms with Crippen LogP contribution in [0.15, 0.2) is 29.0 Å². The molecule has 0 spiro atoms. The Morgan fingerprint density at radius 3 is 2.80 bits per heavy atom. The van der Waals surface area contributed by atoms with Crippen molar-refractivity contribution in [2.45, 2.75) is 12.8 Å². The second kappa shape index (κ2) is 5.36. The van der Waals surface area contributed by atoms with E-state index in [1.807, 2.05) is 18.3 Å². The Morgan fingerprint density at radius 2 is 2.10 bits per heavy atom. The minimum atomic E-state index is 0.224. The summed E-state index contributed by atoms with van der Waals surface area (Å²) in [7, 11) is 0. The molecule has 3 rings (SSSR count). The van der Waals surface area contributed by atoms with E-state index in [0.717, 1.165) is 47.1 Å². The molecule has 1 aliphatic heterocycles. The Hall–Kier alpha value is -1.69. The third-order valence-electron chi connectivity index (χ3n) is 3.80. The fraction of sp³-hybridized carbons (Fsp3) is 0.357. The van der Waals surface area contributed by atoms with Gasteiger partial charge in [-0.1, -0.05) is 0 Å². The zero-order valence-corrected chi connectivity index (χ0v) is 12.6. The maximum absolute atomic E-state index is 7.55. The highest BCUT2D eigenvalue weighted by atomic mass is 79.9. The van der Waals surface area contributed by atoms with Crippen molar-refractivity contribution >= 4 is 38.5 Å². The van der Waals surface area contributed by atoms with E-state index in [2.05, 4.69) is 30.8 Å². The molecule has 2 aromatic heterocycles. The van der Waals surface area contributed by atoms with Crippen molar-refractivity contribution in [2.75, 3.05) is 18.0 Å². The van der Waals surface area contributed by atoms with Crippen LogP contribution in [-0.4, -0.2) is 28.9 Å². The van der Waals surface area contributed by atoms with Gasteiger partial charge in [0, 0.05) is 35.9 Å². The number of nitrogens with one attached hydrogen (secondary N) is 1. The molecule has 0 bridgehead atoms. The number of pyridine rings is 2. The molecule has 0 saturated carbocycles. The van der Waals surface area contributed by atoms with Crippen LogP contribution in [0, 0.1) is 11.3 Å². The molecule has 3 N–H and O–H groups in total. The molecule has 1 saturated heterocycles. The Labute approximate surface area is 125 Å². The normalized spacial score (nSPS) is 16.6. The topological polar surface area (TPSA) is 78.9 Å². The molecule has 3 heterocycles. The van der Waals surface area contributed by atoms with Gasteiger partial charge in [0.05, 0.1) is 17.0 Å². The van der Waals surface area contributed by atoms with Gasteiger partial charge in [0.25, 0.3) is 0 Å². The van der Waals surface area contributed by atoms with Crippen molar-refractivity contribution < 1.29 is 0 Å². The molecule has 0 aliphatic carbocycles. The molecule has 0 aromatic carbocycles. The molecule has 2 aromatic rings. The Kier molecular flexibility index (Phi) is 3.56. The van der Waals surface area contributed by atoms with Gasteiger partial charge < -0.3 is 10.6 Å². The standard InChI is InChI=1S/C14H16BrN5/c15-10-7-11-13(19-8-10)12(1-4-18-11)20-5-2-9(3-6-20)14(16)17/h1,4,7-9H,2-3,5-6H2,(H3,16,17). The van der Waals surface area contributed by atoms with E-state index in [4.69, 9.17) is 11.1 Å². The number of halogens is 1. The van der Waals surface area contributed by atoms with E-state index in [0.29, 0.717) is 5.84 Å². The number of fused-ring (bicyclic) bond motifs is 1. The van der Waals surface area contributed by atoms with E-state index in [-0.39, 0.29) is 5.92 Å². The Balaban J connectivity index is 1.90. The van der Waals surface area contributed by atoms with Crippen LogP contribution in [0.25, 0.3) is 11.0 Å². The number of nitrogens with zero attached hydrogens (tertiary/aromatic N) is 3. The largest absolute Gasteiger partial charge is 0.387 e. The molecule has 5 nitrogen and oxygen atoms in total. The summed E-state index contributed by atoms with van der Waals surface area (Å²) in [6, 6.07) is 3.99. The van der Waals surface area contributed by atoms with Crippen molar-refractivity contribution in [2.24, 2.45) is 11.7 Å². The maximum atomic E-state index is 7.55. The summed E-state index contributed by atoms with van der Waals surface area (Å²) in [5.41, 5.74) is 8.53. The average Bonchev–Trinajstić information content (AvgIpc) is 2.46. The summed E-state index contributed by atoms with van der Waals surface area (Å²) >= 11 is 3.42. The summed E-state index contributed by atoms with van der Waals surface area (Å²) in [5.74, 6) is 0.535. The minimum absolute atomic E-state index is 0.224. The monoisotopic (exact) mass is 333 g/mol. The minimum Gasteiger partial charge on any atom is -0.387 e. The fourth-order valence-corrected chi connectivity index (χ4v) is 3.00. The number of aromatic nitrogens is 2. The third-order valence-corrected chi connectivity index (χ3v) is 4.23. The molecule has 1 aliphatic rings. The summed E-state index contributed by atoms with van der Waals surface area (Å²) < 4.78 is 0.935. The highest BCUT2D eigenvalue weighted by Crippen LogP contribution is 2.28. The van der Waals surface area contributed by atoms with Crippen molar-refractivity contribution in [3.8, 4) is 0 Å². The summed E-state index contributed by atoms with van der Waals surface area (Å²) in [6.07, 6.45) is 5.48. The summed E-state index contributed by atoms with van der Waals surface area (Å²) in [4.78, 5) is 11.2. The highest BCUT2D eigenvalue weighted by Gasteiger charge is 2.22. The second-order valence-corrected chi connectivity index (χ2v) is 5.98. The fourth-order valence-electron chi connectivity index (χ4n) is 2.68. The van der Waals surface area contributed by atoms with Crippen LogP contribution < -0.4 is 10.6 Å². The predicted molar refractivity (Wildman–Crippen MR) is 84.1 cm³/mol. The lowest BCUT2D eigenvalue weighted by Crippen LogP contribution is -2.38. The first-order chi connectivity index (χ1) is 9.65. The van der Waals surface area contributed by atoms with Crippen LogP contribution in [0.3, 0.4) is 0 Å². The Morgan fingerprint density at radius 1 is 1.35 bits per heavy atom. The van der Waals surface area contributed by atoms with Crippen molar-refractivity contribution in [1.82, 2.24) is 9.97 Å². The predicted octanol–water partition coefficient (Wildman–Crippen LogP) is 2.54. The first-order valence-corrected chi connectivity index (χ1v) is 7.43. The van der Waals surface area contributed by atoms with E-state index in [1.165, 1.54) is 0 Å². The highest BCUT2D eigenvalue weighted by molar-refractivity contribution is 9.10. The van der Waals surface area contributed by atoms with Crippen molar-refractivity contribution in [3.05, 3.63) is 29.0 Å². The summed E-state index contributed by atoms with van der Waals surface area (Å²) in [5, 5.41) is 7.55. The van der Waals surface area contributed by atoms with Crippen LogP contribution in [0.5, 0.6) is 0 Å². The zero-order chi connectivity index (χ0) is 14.1. The van der Waals surface area contributed by atoms with Gasteiger partial charge in [-0.25, -0.2) is 0 Å². The zero-order valence-electron chi connectivity index (χ0n) is 11.0. The molecular formula is C14H16BrN5. The van der Waals surface area contributed by atoms with E-state index < -0.39 is 0 Å². The van der Waals surface area contributed by atoms with Crippen molar-refractivity contribution in [3.63, 3.8) is 0 Å². The van der Waals surface area contributed by atoms with E-state index >= 15 is 0 Å². The number of anilines is 1. The smallest absolute Gasteiger partial charge is 0.112 e. The van der Waals surface area contributed by atoms with Gasteiger partial charge in [0.2, 0.25) is 0 Å². The lowest BCUT2D eigenvalue weighted by molar-refractivity contribution is 0.498. The number of amidine groups is 1. The van der Waals surface area contributed by atoms with Gasteiger partial charge in [-0.2, -0.15) is 0 Å². The molecule has 20 heavy (non-hydrogen) atoms. The van der Waals surface area contributed by atoms with Gasteiger partial charge in [-0.3, -0.25) is 15.4 Å². The Bertz CT molecular complexity index is 649. The molecule has 0 radical (unpaired) electrons. The molecule has 6 heteroatoms. The molecule has 0 atom stereocenters.